The number of hydrogen-bond acceptors (Lipinski definition) is 5. The zero-order chi connectivity index (χ0) is 22.9. The highest BCUT2D eigenvalue weighted by Crippen LogP contribution is 2.33. The Hall–Kier alpha value is -3.48. The molecule has 2 heterocycles. The van der Waals surface area contributed by atoms with Gasteiger partial charge >= 0.3 is 0 Å². The van der Waals surface area contributed by atoms with E-state index in [0.29, 0.717) is 10.2 Å². The summed E-state index contributed by atoms with van der Waals surface area (Å²) in [6.45, 7) is 2.00. The van der Waals surface area contributed by atoms with E-state index in [1.54, 1.807) is 11.3 Å². The van der Waals surface area contributed by atoms with E-state index >= 15 is 0 Å². The van der Waals surface area contributed by atoms with Crippen LogP contribution in [0.5, 0.6) is 0 Å². The first kappa shape index (κ1) is 21.4. The van der Waals surface area contributed by atoms with Gasteiger partial charge in [0.15, 0.2) is 5.84 Å². The summed E-state index contributed by atoms with van der Waals surface area (Å²) in [4.78, 5) is 11.8. The van der Waals surface area contributed by atoms with Gasteiger partial charge in [-0.05, 0) is 61.0 Å². The lowest BCUT2D eigenvalue weighted by molar-refractivity contribution is 1.13. The Kier molecular flexibility index (Phi) is 5.70. The van der Waals surface area contributed by atoms with Gasteiger partial charge in [-0.25, -0.2) is 9.99 Å². The molecular formula is C26H22ClN5S. The molecule has 0 unspecified atom stereocenters. The molecule has 1 aromatic heterocycles. The van der Waals surface area contributed by atoms with E-state index in [0.717, 1.165) is 44.3 Å². The normalized spacial score (nSPS) is 16.1. The van der Waals surface area contributed by atoms with Gasteiger partial charge in [-0.15, -0.1) is 0 Å². The topological polar surface area (TPSA) is 44.1 Å². The summed E-state index contributed by atoms with van der Waals surface area (Å²) in [5, 5.41) is 8.00. The number of aromatic nitrogens is 1. The molecule has 0 amide bonds. The molecule has 5 nitrogen and oxygen atoms in total. The van der Waals surface area contributed by atoms with E-state index in [1.807, 2.05) is 68.5 Å². The van der Waals surface area contributed by atoms with E-state index in [-0.39, 0.29) is 0 Å². The molecule has 3 aromatic carbocycles. The summed E-state index contributed by atoms with van der Waals surface area (Å²) in [5.74, 6) is 0.727. The van der Waals surface area contributed by atoms with Crippen molar-refractivity contribution >= 4 is 67.3 Å². The van der Waals surface area contributed by atoms with Gasteiger partial charge < -0.3 is 4.90 Å². The molecule has 0 aliphatic carbocycles. The highest BCUT2D eigenvalue weighted by atomic mass is 35.5. The Morgan fingerprint density at radius 1 is 1.00 bits per heavy atom. The molecule has 33 heavy (non-hydrogen) atoms. The van der Waals surface area contributed by atoms with E-state index in [1.165, 1.54) is 0 Å². The van der Waals surface area contributed by atoms with E-state index in [4.69, 9.17) is 26.7 Å². The Morgan fingerprint density at radius 2 is 1.79 bits per heavy atom. The Morgan fingerprint density at radius 3 is 2.52 bits per heavy atom. The zero-order valence-electron chi connectivity index (χ0n) is 18.5. The molecule has 1 aliphatic rings. The maximum atomic E-state index is 6.28. The third kappa shape index (κ3) is 4.40. The van der Waals surface area contributed by atoms with Crippen molar-refractivity contribution in [2.75, 3.05) is 24.0 Å². The number of nitrogens with zero attached hydrogens (tertiary/aromatic N) is 5. The number of hydrazone groups is 1. The smallest absolute Gasteiger partial charge is 0.212 e. The Labute approximate surface area is 202 Å². The second-order valence-electron chi connectivity index (χ2n) is 7.92. The van der Waals surface area contributed by atoms with Crippen molar-refractivity contribution in [1.29, 1.82) is 0 Å². The Bertz CT molecular complexity index is 1380. The summed E-state index contributed by atoms with van der Waals surface area (Å²) < 4.78 is 1.10. The van der Waals surface area contributed by atoms with Crippen LogP contribution in [0.4, 0.5) is 16.5 Å². The molecule has 0 spiro atoms. The van der Waals surface area contributed by atoms with Crippen molar-refractivity contribution in [2.45, 2.75) is 6.92 Å². The number of amidine groups is 1. The molecule has 0 bridgehead atoms. The second-order valence-corrected chi connectivity index (χ2v) is 9.37. The number of halogens is 1. The number of para-hydroxylation sites is 1. The van der Waals surface area contributed by atoms with E-state index < -0.39 is 0 Å². The minimum absolute atomic E-state index is 0.649. The van der Waals surface area contributed by atoms with Gasteiger partial charge in [0.05, 0.1) is 21.6 Å². The lowest BCUT2D eigenvalue weighted by Crippen LogP contribution is -2.21. The first-order valence-corrected chi connectivity index (χ1v) is 11.7. The van der Waals surface area contributed by atoms with Crippen LogP contribution in [0.2, 0.25) is 5.02 Å². The number of aliphatic imine (C=N–C) groups is 1. The largest absolute Gasteiger partial charge is 0.378 e. The molecule has 0 fully saturated rings. The average molecular weight is 472 g/mol. The number of rotatable bonds is 4. The first-order chi connectivity index (χ1) is 16.0. The average Bonchev–Trinajstić information content (AvgIpc) is 3.35. The zero-order valence-corrected chi connectivity index (χ0v) is 20.1. The number of hydrogen-bond donors (Lipinski definition) is 0. The summed E-state index contributed by atoms with van der Waals surface area (Å²) in [7, 11) is 4.07. The van der Waals surface area contributed by atoms with Crippen molar-refractivity contribution in [3.05, 3.63) is 89.0 Å². The standard InChI is InChI=1S/C26H22ClN5S/c1-17-22(15-18-11-13-20(14-12-18)31(2)3)25(32(30-17)21-8-6-7-19(27)16-21)29-26-28-23-9-4-5-10-24(23)33-26/h4-16H,1-3H3/b22-15-,29-25-. The minimum atomic E-state index is 0.649. The molecule has 1 aliphatic heterocycles. The van der Waals surface area contributed by atoms with Crippen LogP contribution in [0.25, 0.3) is 16.3 Å². The van der Waals surface area contributed by atoms with Crippen LogP contribution < -0.4 is 9.91 Å². The quantitative estimate of drug-likeness (QED) is 0.321. The SMILES string of the molecule is CC1=NN(c2cccc(Cl)c2)C(=N\c2nc3ccccc3s2)/C1=C\c1ccc(N(C)C)cc1. The van der Waals surface area contributed by atoms with Crippen LogP contribution in [-0.2, 0) is 0 Å². The summed E-state index contributed by atoms with van der Waals surface area (Å²) in [6.07, 6.45) is 2.12. The summed E-state index contributed by atoms with van der Waals surface area (Å²) >= 11 is 7.85. The van der Waals surface area contributed by atoms with Gasteiger partial charge in [0.25, 0.3) is 0 Å². The van der Waals surface area contributed by atoms with Crippen molar-refractivity contribution in [2.24, 2.45) is 10.1 Å². The maximum absolute atomic E-state index is 6.28. The number of benzene rings is 3. The fourth-order valence-corrected chi connectivity index (χ4v) is 4.65. The fraction of sp³-hybridized carbons (Fsp3) is 0.115. The van der Waals surface area contributed by atoms with Crippen LogP contribution in [0.15, 0.2) is 88.5 Å². The van der Waals surface area contributed by atoms with Gasteiger partial charge in [0, 0.05) is 30.4 Å². The molecule has 164 valence electrons. The van der Waals surface area contributed by atoms with Gasteiger partial charge in [-0.3, -0.25) is 0 Å². The molecule has 0 N–H and O–H groups in total. The molecule has 5 rings (SSSR count). The van der Waals surface area contributed by atoms with Gasteiger partial charge in [0.1, 0.15) is 0 Å². The van der Waals surface area contributed by atoms with Crippen molar-refractivity contribution in [1.82, 2.24) is 4.98 Å². The predicted octanol–water partition coefficient (Wildman–Crippen LogP) is 7.03. The second kappa shape index (κ2) is 8.81. The first-order valence-electron chi connectivity index (χ1n) is 10.5. The van der Waals surface area contributed by atoms with Crippen LogP contribution >= 0.6 is 22.9 Å². The molecular weight excluding hydrogens is 450 g/mol. The predicted molar refractivity (Wildman–Crippen MR) is 143 cm³/mol. The maximum Gasteiger partial charge on any atom is 0.212 e. The number of thiazole rings is 1. The van der Waals surface area contributed by atoms with Gasteiger partial charge in [-0.1, -0.05) is 53.3 Å². The van der Waals surface area contributed by atoms with E-state index in [9.17, 15) is 0 Å². The molecule has 4 aromatic rings. The lowest BCUT2D eigenvalue weighted by atomic mass is 10.1. The van der Waals surface area contributed by atoms with Crippen molar-refractivity contribution in [3.8, 4) is 0 Å². The van der Waals surface area contributed by atoms with Crippen LogP contribution in [0, 0.1) is 0 Å². The fourth-order valence-electron chi connectivity index (χ4n) is 3.63. The third-order valence-electron chi connectivity index (χ3n) is 5.34. The Balaban J connectivity index is 1.62. The summed E-state index contributed by atoms with van der Waals surface area (Å²) in [5.41, 5.74) is 5.86. The molecule has 0 atom stereocenters. The molecule has 0 saturated heterocycles. The molecule has 0 radical (unpaired) electrons. The van der Waals surface area contributed by atoms with Gasteiger partial charge in [-0.2, -0.15) is 10.1 Å². The van der Waals surface area contributed by atoms with E-state index in [2.05, 4.69) is 41.3 Å². The van der Waals surface area contributed by atoms with Crippen LogP contribution in [0.1, 0.15) is 12.5 Å². The molecule has 7 heteroatoms. The van der Waals surface area contributed by atoms with Crippen molar-refractivity contribution in [3.63, 3.8) is 0 Å². The number of anilines is 2. The van der Waals surface area contributed by atoms with Gasteiger partial charge in [0.2, 0.25) is 5.13 Å². The third-order valence-corrected chi connectivity index (χ3v) is 6.50. The monoisotopic (exact) mass is 471 g/mol. The highest BCUT2D eigenvalue weighted by molar-refractivity contribution is 7.22. The highest BCUT2D eigenvalue weighted by Gasteiger charge is 2.27. The lowest BCUT2D eigenvalue weighted by Gasteiger charge is -2.16. The number of fused-ring (bicyclic) bond motifs is 1. The molecule has 0 saturated carbocycles. The van der Waals surface area contributed by atoms with Crippen molar-refractivity contribution < 1.29 is 0 Å². The van der Waals surface area contributed by atoms with Crippen LogP contribution in [-0.4, -0.2) is 30.6 Å². The summed E-state index contributed by atoms with van der Waals surface area (Å²) in [6, 6.07) is 24.1. The van der Waals surface area contributed by atoms with Crippen LogP contribution in [0.3, 0.4) is 0 Å². The minimum Gasteiger partial charge on any atom is -0.378 e.